The highest BCUT2D eigenvalue weighted by molar-refractivity contribution is 5.20. The Morgan fingerprint density at radius 2 is 2.06 bits per heavy atom. The van der Waals surface area contributed by atoms with Crippen molar-refractivity contribution in [1.82, 2.24) is 10.2 Å². The predicted molar refractivity (Wildman–Crippen MR) is 74.5 cm³/mol. The zero-order valence-electron chi connectivity index (χ0n) is 12.3. The highest BCUT2D eigenvalue weighted by Crippen LogP contribution is 2.27. The van der Waals surface area contributed by atoms with Crippen LogP contribution in [0.3, 0.4) is 0 Å². The van der Waals surface area contributed by atoms with E-state index in [0.717, 1.165) is 30.7 Å². The number of aryl methyl sites for hydroxylation is 1. The minimum atomic E-state index is 0.129. The van der Waals surface area contributed by atoms with Crippen molar-refractivity contribution in [2.45, 2.75) is 65.2 Å². The van der Waals surface area contributed by atoms with Crippen LogP contribution in [0.5, 0.6) is 0 Å². The maximum Gasteiger partial charge on any atom is 0.120 e. The molecule has 0 amide bonds. The van der Waals surface area contributed by atoms with Gasteiger partial charge in [-0.3, -0.25) is 4.90 Å². The van der Waals surface area contributed by atoms with Gasteiger partial charge in [0, 0.05) is 11.6 Å². The second-order valence-corrected chi connectivity index (χ2v) is 6.57. The molecule has 0 radical (unpaired) electrons. The van der Waals surface area contributed by atoms with Gasteiger partial charge in [0.2, 0.25) is 0 Å². The minimum Gasteiger partial charge on any atom is -0.463 e. The minimum absolute atomic E-state index is 0.129. The molecule has 3 nitrogen and oxygen atoms in total. The fourth-order valence-electron chi connectivity index (χ4n) is 2.08. The summed E-state index contributed by atoms with van der Waals surface area (Å²) in [6.45, 7) is 10.4. The van der Waals surface area contributed by atoms with Crippen LogP contribution < -0.4 is 5.32 Å². The van der Waals surface area contributed by atoms with Gasteiger partial charge in [0.05, 0.1) is 13.1 Å². The summed E-state index contributed by atoms with van der Waals surface area (Å²) in [5, 5.41) is 3.47. The van der Waals surface area contributed by atoms with Gasteiger partial charge in [0.25, 0.3) is 0 Å². The highest BCUT2D eigenvalue weighted by Gasteiger charge is 2.26. The Kier molecular flexibility index (Phi) is 3.83. The molecule has 0 aromatic carbocycles. The first-order valence-electron chi connectivity index (χ1n) is 6.88. The van der Waals surface area contributed by atoms with Crippen LogP contribution in [0.1, 0.15) is 50.7 Å². The van der Waals surface area contributed by atoms with Crippen LogP contribution in [-0.4, -0.2) is 23.5 Å². The molecule has 1 aliphatic carbocycles. The van der Waals surface area contributed by atoms with E-state index in [9.17, 15) is 0 Å². The molecule has 0 unspecified atom stereocenters. The van der Waals surface area contributed by atoms with E-state index < -0.39 is 0 Å². The molecule has 1 N–H and O–H groups in total. The van der Waals surface area contributed by atoms with E-state index in [2.05, 4.69) is 51.0 Å². The van der Waals surface area contributed by atoms with Crippen molar-refractivity contribution < 1.29 is 4.42 Å². The van der Waals surface area contributed by atoms with Crippen LogP contribution in [0.25, 0.3) is 0 Å². The Balaban J connectivity index is 1.93. The molecule has 1 saturated carbocycles. The Labute approximate surface area is 111 Å². The van der Waals surface area contributed by atoms with Gasteiger partial charge in [0.1, 0.15) is 11.5 Å². The molecular weight excluding hydrogens is 224 g/mol. The zero-order chi connectivity index (χ0) is 13.3. The molecular formula is C15H26N2O. The van der Waals surface area contributed by atoms with E-state index in [0.29, 0.717) is 0 Å². The van der Waals surface area contributed by atoms with Crippen molar-refractivity contribution >= 4 is 0 Å². The van der Waals surface area contributed by atoms with Gasteiger partial charge in [-0.25, -0.2) is 0 Å². The first-order valence-corrected chi connectivity index (χ1v) is 6.88. The fraction of sp³-hybridized carbons (Fsp3) is 0.733. The maximum atomic E-state index is 5.95. The van der Waals surface area contributed by atoms with Crippen LogP contribution in [0, 0.1) is 6.92 Å². The average molecular weight is 250 g/mol. The summed E-state index contributed by atoms with van der Waals surface area (Å²) < 4.78 is 5.95. The lowest BCUT2D eigenvalue weighted by Crippen LogP contribution is -2.35. The quantitative estimate of drug-likeness (QED) is 0.870. The average Bonchev–Trinajstić information content (AvgIpc) is 3.01. The van der Waals surface area contributed by atoms with Crippen molar-refractivity contribution in [3.63, 3.8) is 0 Å². The van der Waals surface area contributed by atoms with E-state index in [1.165, 1.54) is 18.4 Å². The standard InChI is InChI=1S/C15H26N2O/c1-11-8-13(10-17(5)12-6-7-12)18-14(11)9-16-15(2,3)4/h8,12,16H,6-7,9-10H2,1-5H3. The molecule has 1 aliphatic rings. The summed E-state index contributed by atoms with van der Waals surface area (Å²) in [7, 11) is 2.18. The predicted octanol–water partition coefficient (Wildman–Crippen LogP) is 3.07. The van der Waals surface area contributed by atoms with Crippen molar-refractivity contribution in [1.29, 1.82) is 0 Å². The van der Waals surface area contributed by atoms with Gasteiger partial charge in [-0.05, 0) is 59.2 Å². The topological polar surface area (TPSA) is 28.4 Å². The first kappa shape index (κ1) is 13.6. The van der Waals surface area contributed by atoms with Gasteiger partial charge < -0.3 is 9.73 Å². The van der Waals surface area contributed by atoms with Crippen LogP contribution in [-0.2, 0) is 13.1 Å². The maximum absolute atomic E-state index is 5.95. The molecule has 102 valence electrons. The van der Waals surface area contributed by atoms with Crippen molar-refractivity contribution in [2.75, 3.05) is 7.05 Å². The second-order valence-electron chi connectivity index (χ2n) is 6.57. The molecule has 0 atom stereocenters. The lowest BCUT2D eigenvalue weighted by atomic mass is 10.1. The molecule has 18 heavy (non-hydrogen) atoms. The largest absolute Gasteiger partial charge is 0.463 e. The van der Waals surface area contributed by atoms with Gasteiger partial charge in [0.15, 0.2) is 0 Å². The third kappa shape index (κ3) is 3.85. The smallest absolute Gasteiger partial charge is 0.120 e. The number of furan rings is 1. The van der Waals surface area contributed by atoms with Crippen LogP contribution in [0.4, 0.5) is 0 Å². The number of nitrogens with one attached hydrogen (secondary N) is 1. The number of hydrogen-bond acceptors (Lipinski definition) is 3. The third-order valence-corrected chi connectivity index (χ3v) is 3.43. The molecule has 0 spiro atoms. The van der Waals surface area contributed by atoms with E-state index in [1.807, 2.05) is 0 Å². The summed E-state index contributed by atoms with van der Waals surface area (Å²) in [5.74, 6) is 2.16. The molecule has 0 saturated heterocycles. The molecule has 1 aromatic rings. The highest BCUT2D eigenvalue weighted by atomic mass is 16.3. The van der Waals surface area contributed by atoms with Gasteiger partial charge in [-0.1, -0.05) is 0 Å². The summed E-state index contributed by atoms with van der Waals surface area (Å²) in [6.07, 6.45) is 2.68. The SMILES string of the molecule is Cc1cc(CN(C)C2CC2)oc1CNC(C)(C)C. The van der Waals surface area contributed by atoms with Gasteiger partial charge >= 0.3 is 0 Å². The number of hydrogen-bond donors (Lipinski definition) is 1. The zero-order valence-corrected chi connectivity index (χ0v) is 12.3. The summed E-state index contributed by atoms with van der Waals surface area (Å²) in [4.78, 5) is 2.39. The lowest BCUT2D eigenvalue weighted by Gasteiger charge is -2.19. The molecule has 0 aliphatic heterocycles. The lowest BCUT2D eigenvalue weighted by molar-refractivity contribution is 0.278. The van der Waals surface area contributed by atoms with E-state index in [1.54, 1.807) is 0 Å². The van der Waals surface area contributed by atoms with Crippen molar-refractivity contribution in [3.8, 4) is 0 Å². The van der Waals surface area contributed by atoms with E-state index >= 15 is 0 Å². The number of rotatable bonds is 5. The summed E-state index contributed by atoms with van der Waals surface area (Å²) in [5.41, 5.74) is 1.38. The molecule has 2 rings (SSSR count). The van der Waals surface area contributed by atoms with Crippen LogP contribution in [0.2, 0.25) is 0 Å². The fourth-order valence-corrected chi connectivity index (χ4v) is 2.08. The van der Waals surface area contributed by atoms with Crippen molar-refractivity contribution in [3.05, 3.63) is 23.2 Å². The normalized spacial score (nSPS) is 16.6. The monoisotopic (exact) mass is 250 g/mol. The second kappa shape index (κ2) is 5.06. The van der Waals surface area contributed by atoms with E-state index in [4.69, 9.17) is 4.42 Å². The van der Waals surface area contributed by atoms with Gasteiger partial charge in [-0.2, -0.15) is 0 Å². The first-order chi connectivity index (χ1) is 8.35. The van der Waals surface area contributed by atoms with Crippen LogP contribution in [0.15, 0.2) is 10.5 Å². The molecule has 1 fully saturated rings. The molecule has 0 bridgehead atoms. The summed E-state index contributed by atoms with van der Waals surface area (Å²) in [6, 6.07) is 2.96. The van der Waals surface area contributed by atoms with Gasteiger partial charge in [-0.15, -0.1) is 0 Å². The van der Waals surface area contributed by atoms with E-state index in [-0.39, 0.29) is 5.54 Å². The summed E-state index contributed by atoms with van der Waals surface area (Å²) >= 11 is 0. The van der Waals surface area contributed by atoms with Crippen molar-refractivity contribution in [2.24, 2.45) is 0 Å². The number of nitrogens with zero attached hydrogens (tertiary/aromatic N) is 1. The third-order valence-electron chi connectivity index (χ3n) is 3.43. The molecule has 1 aromatic heterocycles. The molecule has 3 heteroatoms. The Morgan fingerprint density at radius 1 is 1.39 bits per heavy atom. The Bertz CT molecular complexity index is 399. The molecule has 1 heterocycles. The Morgan fingerprint density at radius 3 is 2.61 bits per heavy atom. The van der Waals surface area contributed by atoms with Crippen LogP contribution >= 0.6 is 0 Å². The Hall–Kier alpha value is -0.800.